The maximum Gasteiger partial charge on any atom is 0.210 e. The van der Waals surface area contributed by atoms with E-state index in [9.17, 15) is 4.39 Å². The third kappa shape index (κ3) is 5.29. The van der Waals surface area contributed by atoms with Crippen LogP contribution in [0.4, 0.5) is 15.2 Å². The number of nitrogens with one attached hydrogen (secondary N) is 2. The first kappa shape index (κ1) is 19.3. The monoisotopic (exact) mass is 417 g/mol. The number of thioether (sulfide) groups is 1. The third-order valence-corrected chi connectivity index (χ3v) is 6.64. The molecule has 1 aliphatic rings. The number of rotatable bonds is 7. The number of benzene rings is 2. The molecule has 4 rings (SSSR count). The van der Waals surface area contributed by atoms with Gasteiger partial charge in [0.25, 0.3) is 0 Å². The molecule has 28 heavy (non-hydrogen) atoms. The Balaban J connectivity index is 1.27. The van der Waals surface area contributed by atoms with Gasteiger partial charge in [0.05, 0.1) is 12.3 Å². The number of anilines is 2. The van der Waals surface area contributed by atoms with Crippen LogP contribution in [0.1, 0.15) is 5.56 Å². The summed E-state index contributed by atoms with van der Waals surface area (Å²) in [5.41, 5.74) is 1.77. The molecule has 146 valence electrons. The molecule has 2 aromatic carbocycles. The molecule has 0 amide bonds. The van der Waals surface area contributed by atoms with E-state index in [1.165, 1.54) is 23.0 Å². The van der Waals surface area contributed by atoms with Crippen molar-refractivity contribution in [2.45, 2.75) is 17.0 Å². The standard InChI is InChI=1S/C20H21FN4OS2/c21-17-8-4-5-9-18(17)22-19-23-24-20(28-19)27-14-16-13-25(10-11-26-16)12-15-6-2-1-3-7-15/h1-9,16H,10-14H2,(H,22,23)/p+1/t16-/m1/s1. The van der Waals surface area contributed by atoms with Gasteiger partial charge in [0.2, 0.25) is 5.13 Å². The van der Waals surface area contributed by atoms with E-state index in [2.05, 4.69) is 45.8 Å². The summed E-state index contributed by atoms with van der Waals surface area (Å²) in [4.78, 5) is 1.54. The van der Waals surface area contributed by atoms with Gasteiger partial charge in [-0.3, -0.25) is 0 Å². The summed E-state index contributed by atoms with van der Waals surface area (Å²) >= 11 is 3.07. The summed E-state index contributed by atoms with van der Waals surface area (Å²) < 4.78 is 20.5. The summed E-state index contributed by atoms with van der Waals surface area (Å²) in [5, 5.41) is 11.9. The topological polar surface area (TPSA) is 51.5 Å². The minimum Gasteiger partial charge on any atom is -0.366 e. The first-order valence-electron chi connectivity index (χ1n) is 9.23. The molecule has 1 aliphatic heterocycles. The Hall–Kier alpha value is -2.00. The summed E-state index contributed by atoms with van der Waals surface area (Å²) in [7, 11) is 0. The molecule has 1 unspecified atom stereocenters. The van der Waals surface area contributed by atoms with Crippen molar-refractivity contribution in [3.63, 3.8) is 0 Å². The minimum atomic E-state index is -0.302. The fourth-order valence-corrected chi connectivity index (χ4v) is 4.97. The van der Waals surface area contributed by atoms with Crippen molar-refractivity contribution >= 4 is 33.9 Å². The third-order valence-electron chi connectivity index (χ3n) is 4.54. The Bertz CT molecular complexity index is 893. The van der Waals surface area contributed by atoms with Crippen molar-refractivity contribution in [3.05, 3.63) is 66.0 Å². The van der Waals surface area contributed by atoms with Crippen LogP contribution in [0.25, 0.3) is 0 Å². The van der Waals surface area contributed by atoms with Gasteiger partial charge in [-0.2, -0.15) is 0 Å². The molecule has 3 aromatic rings. The molecule has 8 heteroatoms. The number of hydrogen-bond acceptors (Lipinski definition) is 6. The van der Waals surface area contributed by atoms with Crippen LogP contribution in [0.2, 0.25) is 0 Å². The van der Waals surface area contributed by atoms with Crippen molar-refractivity contribution in [3.8, 4) is 0 Å². The van der Waals surface area contributed by atoms with Crippen molar-refractivity contribution in [1.82, 2.24) is 10.2 Å². The number of nitrogens with zero attached hydrogens (tertiary/aromatic N) is 2. The lowest BCUT2D eigenvalue weighted by Gasteiger charge is -2.29. The molecule has 0 bridgehead atoms. The van der Waals surface area contributed by atoms with Crippen LogP contribution < -0.4 is 10.2 Å². The second-order valence-corrected chi connectivity index (χ2v) is 8.89. The molecule has 1 aromatic heterocycles. The van der Waals surface area contributed by atoms with Crippen LogP contribution in [-0.4, -0.2) is 41.8 Å². The normalized spacial score (nSPS) is 19.5. The van der Waals surface area contributed by atoms with Crippen LogP contribution in [-0.2, 0) is 11.3 Å². The van der Waals surface area contributed by atoms with Gasteiger partial charge < -0.3 is 15.0 Å². The molecular weight excluding hydrogens is 395 g/mol. The number of halogens is 1. The van der Waals surface area contributed by atoms with Gasteiger partial charge in [0, 0.05) is 11.3 Å². The van der Waals surface area contributed by atoms with Gasteiger partial charge >= 0.3 is 0 Å². The number of hydrogen-bond donors (Lipinski definition) is 2. The molecule has 0 saturated carbocycles. The molecule has 2 N–H and O–H groups in total. The second-order valence-electron chi connectivity index (χ2n) is 6.65. The van der Waals surface area contributed by atoms with Gasteiger partial charge in [-0.25, -0.2) is 4.39 Å². The summed E-state index contributed by atoms with van der Waals surface area (Å²) in [5.74, 6) is 0.538. The van der Waals surface area contributed by atoms with E-state index in [1.54, 1.807) is 34.9 Å². The van der Waals surface area contributed by atoms with Crippen molar-refractivity contribution in [1.29, 1.82) is 0 Å². The molecule has 5 nitrogen and oxygen atoms in total. The Kier molecular flexibility index (Phi) is 6.53. The number of para-hydroxylation sites is 1. The minimum absolute atomic E-state index is 0.198. The number of aromatic nitrogens is 2. The molecular formula is C20H22FN4OS2+. The maximum atomic E-state index is 13.7. The van der Waals surface area contributed by atoms with Crippen molar-refractivity contribution < 1.29 is 14.0 Å². The summed E-state index contributed by atoms with van der Waals surface area (Å²) in [6.07, 6.45) is 0.198. The van der Waals surface area contributed by atoms with E-state index in [-0.39, 0.29) is 11.9 Å². The van der Waals surface area contributed by atoms with E-state index >= 15 is 0 Å². The predicted octanol–water partition coefficient (Wildman–Crippen LogP) is 3.00. The highest BCUT2D eigenvalue weighted by molar-refractivity contribution is 8.01. The molecule has 1 fully saturated rings. The van der Waals surface area contributed by atoms with Gasteiger partial charge in [-0.05, 0) is 12.1 Å². The molecule has 1 saturated heterocycles. The molecule has 0 aliphatic carbocycles. The van der Waals surface area contributed by atoms with Gasteiger partial charge in [-0.1, -0.05) is 65.6 Å². The number of ether oxygens (including phenoxy) is 1. The van der Waals surface area contributed by atoms with Crippen LogP contribution in [0, 0.1) is 5.82 Å². The van der Waals surface area contributed by atoms with Crippen molar-refractivity contribution in [2.24, 2.45) is 0 Å². The second kappa shape index (κ2) is 9.47. The van der Waals surface area contributed by atoms with Crippen molar-refractivity contribution in [2.75, 3.05) is 30.8 Å². The summed E-state index contributed by atoms with van der Waals surface area (Å²) in [6.45, 7) is 3.83. The van der Waals surface area contributed by atoms with Gasteiger partial charge in [0.1, 0.15) is 31.6 Å². The van der Waals surface area contributed by atoms with Gasteiger partial charge in [0.15, 0.2) is 4.34 Å². The molecule has 2 heterocycles. The Morgan fingerprint density at radius 1 is 1.14 bits per heavy atom. The average Bonchev–Trinajstić information content (AvgIpc) is 3.17. The zero-order valence-electron chi connectivity index (χ0n) is 15.3. The molecule has 2 atom stereocenters. The molecule has 0 radical (unpaired) electrons. The lowest BCUT2D eigenvalue weighted by molar-refractivity contribution is -0.924. The van der Waals surface area contributed by atoms with Crippen LogP contribution in [0.3, 0.4) is 0 Å². The first-order chi connectivity index (χ1) is 13.8. The fraction of sp³-hybridized carbons (Fsp3) is 0.300. The Morgan fingerprint density at radius 3 is 2.82 bits per heavy atom. The smallest absolute Gasteiger partial charge is 0.210 e. The highest BCUT2D eigenvalue weighted by Gasteiger charge is 2.24. The van der Waals surface area contributed by atoms with E-state index in [0.29, 0.717) is 10.8 Å². The number of quaternary nitrogens is 1. The summed E-state index contributed by atoms with van der Waals surface area (Å²) in [6, 6.07) is 17.1. The van der Waals surface area contributed by atoms with Crippen LogP contribution in [0.5, 0.6) is 0 Å². The van der Waals surface area contributed by atoms with E-state index in [4.69, 9.17) is 4.74 Å². The predicted molar refractivity (Wildman–Crippen MR) is 111 cm³/mol. The molecule has 0 spiro atoms. The largest absolute Gasteiger partial charge is 0.366 e. The first-order valence-corrected chi connectivity index (χ1v) is 11.0. The van der Waals surface area contributed by atoms with E-state index < -0.39 is 0 Å². The Morgan fingerprint density at radius 2 is 1.96 bits per heavy atom. The number of morpholine rings is 1. The SMILES string of the molecule is Fc1ccccc1Nc1nnc(SC[C@H]2C[NH+](Cc3ccccc3)CCO2)s1. The van der Waals surface area contributed by atoms with Crippen LogP contribution in [0.15, 0.2) is 58.9 Å². The van der Waals surface area contributed by atoms with Gasteiger partial charge in [-0.15, -0.1) is 10.2 Å². The highest BCUT2D eigenvalue weighted by Crippen LogP contribution is 2.29. The van der Waals surface area contributed by atoms with E-state index in [0.717, 1.165) is 36.3 Å². The fourth-order valence-electron chi connectivity index (χ4n) is 3.17. The quantitative estimate of drug-likeness (QED) is 0.579. The highest BCUT2D eigenvalue weighted by atomic mass is 32.2. The van der Waals surface area contributed by atoms with E-state index in [1.807, 2.05) is 0 Å². The zero-order valence-corrected chi connectivity index (χ0v) is 16.9. The van der Waals surface area contributed by atoms with Crippen LogP contribution >= 0.6 is 23.1 Å². The average molecular weight is 418 g/mol. The zero-order chi connectivity index (χ0) is 19.2. The maximum absolute atomic E-state index is 13.7. The lowest BCUT2D eigenvalue weighted by Crippen LogP contribution is -3.13. The lowest BCUT2D eigenvalue weighted by atomic mass is 10.2. The Labute approximate surface area is 171 Å².